The Morgan fingerprint density at radius 2 is 1.89 bits per heavy atom. The summed E-state index contributed by atoms with van der Waals surface area (Å²) in [6.07, 6.45) is -3.23. The lowest BCUT2D eigenvalue weighted by Crippen LogP contribution is -2.24. The van der Waals surface area contributed by atoms with Crippen LogP contribution in [0.3, 0.4) is 0 Å². The quantitative estimate of drug-likeness (QED) is 0.373. The highest BCUT2D eigenvalue weighted by atomic mass is 19.4. The summed E-state index contributed by atoms with van der Waals surface area (Å²) in [5, 5.41) is 9.53. The summed E-state index contributed by atoms with van der Waals surface area (Å²) in [6, 6.07) is 6.72. The van der Waals surface area contributed by atoms with Crippen LogP contribution in [0.5, 0.6) is 5.88 Å². The van der Waals surface area contributed by atoms with Crippen LogP contribution >= 0.6 is 0 Å². The second-order valence-corrected chi connectivity index (χ2v) is 7.98. The van der Waals surface area contributed by atoms with Gasteiger partial charge in [-0.1, -0.05) is 0 Å². The van der Waals surface area contributed by atoms with Gasteiger partial charge in [-0.2, -0.15) is 18.3 Å². The van der Waals surface area contributed by atoms with Crippen LogP contribution in [0.2, 0.25) is 0 Å². The number of nitrogens with zero attached hydrogens (tertiary/aromatic N) is 4. The second kappa shape index (κ2) is 9.84. The van der Waals surface area contributed by atoms with Gasteiger partial charge in [-0.25, -0.2) is 18.9 Å². The number of aromatic nitrogens is 4. The lowest BCUT2D eigenvalue weighted by Gasteiger charge is -2.12. The molecule has 9 nitrogen and oxygen atoms in total. The molecule has 37 heavy (non-hydrogen) atoms. The molecule has 0 atom stereocenters. The van der Waals surface area contributed by atoms with E-state index < -0.39 is 30.0 Å². The highest BCUT2D eigenvalue weighted by Gasteiger charge is 2.31. The Kier molecular flexibility index (Phi) is 6.79. The zero-order valence-corrected chi connectivity index (χ0v) is 19.8. The molecule has 0 saturated heterocycles. The summed E-state index contributed by atoms with van der Waals surface area (Å²) in [7, 11) is 1.30. The van der Waals surface area contributed by atoms with E-state index in [-0.39, 0.29) is 22.9 Å². The molecule has 4 rings (SSSR count). The first kappa shape index (κ1) is 25.5. The lowest BCUT2D eigenvalue weighted by molar-refractivity contribution is -0.137. The van der Waals surface area contributed by atoms with E-state index >= 15 is 0 Å². The largest absolute Gasteiger partial charge is 0.480 e. The number of hydrogen-bond donors (Lipinski definition) is 2. The van der Waals surface area contributed by atoms with Crippen molar-refractivity contribution in [3.05, 3.63) is 70.8 Å². The summed E-state index contributed by atoms with van der Waals surface area (Å²) in [4.78, 5) is 32.7. The molecule has 0 unspecified atom stereocenters. The molecule has 0 bridgehead atoms. The van der Waals surface area contributed by atoms with Gasteiger partial charge < -0.3 is 15.4 Å². The number of fused-ring (bicyclic) bond motifs is 1. The molecule has 0 fully saturated rings. The minimum atomic E-state index is -4.65. The van der Waals surface area contributed by atoms with Gasteiger partial charge in [0.15, 0.2) is 11.5 Å². The maximum atomic E-state index is 14.1. The normalized spacial score (nSPS) is 11.4. The topological polar surface area (TPSA) is 111 Å². The Balaban J connectivity index is 1.63. The second-order valence-electron chi connectivity index (χ2n) is 7.98. The van der Waals surface area contributed by atoms with E-state index in [4.69, 9.17) is 4.74 Å². The number of halogens is 4. The summed E-state index contributed by atoms with van der Waals surface area (Å²) in [5.74, 6) is -1.60. The number of alkyl halides is 3. The number of carbonyl (C=O) groups is 2. The number of nitrogens with one attached hydrogen (secondary N) is 2. The van der Waals surface area contributed by atoms with Crippen molar-refractivity contribution >= 4 is 23.3 Å². The van der Waals surface area contributed by atoms with E-state index in [9.17, 15) is 27.2 Å². The van der Waals surface area contributed by atoms with Crippen molar-refractivity contribution in [3.63, 3.8) is 0 Å². The van der Waals surface area contributed by atoms with Gasteiger partial charge in [-0.05, 0) is 43.3 Å². The molecule has 3 aromatic heterocycles. The average molecular weight is 516 g/mol. The van der Waals surface area contributed by atoms with Crippen molar-refractivity contribution in [2.45, 2.75) is 26.6 Å². The van der Waals surface area contributed by atoms with Crippen LogP contribution in [0.25, 0.3) is 16.9 Å². The van der Waals surface area contributed by atoms with Crippen LogP contribution in [-0.4, -0.2) is 38.5 Å². The van der Waals surface area contributed by atoms with E-state index in [1.54, 1.807) is 19.1 Å². The highest BCUT2D eigenvalue weighted by Crippen LogP contribution is 2.30. The summed E-state index contributed by atoms with van der Waals surface area (Å²) in [5.41, 5.74) is 0.502. The summed E-state index contributed by atoms with van der Waals surface area (Å²) >= 11 is 0. The van der Waals surface area contributed by atoms with Crippen molar-refractivity contribution in [1.29, 1.82) is 0 Å². The first-order valence-electron chi connectivity index (χ1n) is 10.8. The molecule has 0 aliphatic rings. The van der Waals surface area contributed by atoms with Crippen LogP contribution in [0.15, 0.2) is 42.6 Å². The maximum Gasteiger partial charge on any atom is 0.416 e. The molecule has 0 radical (unpaired) electrons. The van der Waals surface area contributed by atoms with Crippen molar-refractivity contribution in [1.82, 2.24) is 24.9 Å². The molecule has 0 aliphatic heterocycles. The van der Waals surface area contributed by atoms with Crippen molar-refractivity contribution < 1.29 is 31.9 Å². The Morgan fingerprint density at radius 3 is 2.57 bits per heavy atom. The van der Waals surface area contributed by atoms with Crippen molar-refractivity contribution in [2.75, 3.05) is 12.4 Å². The molecule has 3 heterocycles. The molecule has 1 aromatic carbocycles. The van der Waals surface area contributed by atoms with Gasteiger partial charge in [0.1, 0.15) is 11.4 Å². The molecule has 13 heteroatoms. The zero-order chi connectivity index (χ0) is 26.9. The molecule has 4 aromatic rings. The molecule has 0 saturated carbocycles. The van der Waals surface area contributed by atoms with Crippen LogP contribution in [0, 0.1) is 12.7 Å². The number of amides is 2. The first-order chi connectivity index (χ1) is 17.5. The third kappa shape index (κ3) is 5.34. The third-order valence-electron chi connectivity index (χ3n) is 5.39. The zero-order valence-electron chi connectivity index (χ0n) is 19.8. The molecule has 192 valence electrons. The van der Waals surface area contributed by atoms with Crippen molar-refractivity contribution in [3.8, 4) is 17.1 Å². The number of ether oxygens (including phenoxy) is 1. The molecular weight excluding hydrogens is 496 g/mol. The molecular formula is C24H20F4N6O3. The smallest absolute Gasteiger partial charge is 0.416 e. The summed E-state index contributed by atoms with van der Waals surface area (Å²) in [6.45, 7) is 2.59. The average Bonchev–Trinajstić information content (AvgIpc) is 3.16. The Labute approximate surface area is 207 Å². The van der Waals surface area contributed by atoms with Crippen LogP contribution in [-0.2, 0) is 17.5 Å². The van der Waals surface area contributed by atoms with Crippen LogP contribution in [0.1, 0.15) is 34.1 Å². The number of hydrogen-bond acceptors (Lipinski definition) is 6. The molecule has 2 amide bonds. The number of benzene rings is 1. The van der Waals surface area contributed by atoms with Gasteiger partial charge in [0, 0.05) is 30.8 Å². The number of anilines is 1. The maximum absolute atomic E-state index is 14.1. The Bertz CT molecular complexity index is 1520. The number of carbonyl (C=O) groups excluding carboxylic acids is 2. The fourth-order valence-corrected chi connectivity index (χ4v) is 3.56. The SMILES string of the molecule is COc1ncc(-c2ccc3nc(NC(C)=O)c(C)n3n2)cc1C(=O)NCc1cc(C(F)(F)F)ccc1F. The van der Waals surface area contributed by atoms with Gasteiger partial charge in [-0.3, -0.25) is 9.59 Å². The van der Waals surface area contributed by atoms with Crippen molar-refractivity contribution in [2.24, 2.45) is 0 Å². The van der Waals surface area contributed by atoms with Crippen LogP contribution < -0.4 is 15.4 Å². The highest BCUT2D eigenvalue weighted by molar-refractivity contribution is 5.97. The van der Waals surface area contributed by atoms with E-state index in [0.29, 0.717) is 46.6 Å². The van der Waals surface area contributed by atoms with Crippen LogP contribution in [0.4, 0.5) is 23.4 Å². The molecule has 2 N–H and O–H groups in total. The monoisotopic (exact) mass is 516 g/mol. The van der Waals surface area contributed by atoms with E-state index in [2.05, 4.69) is 25.7 Å². The van der Waals surface area contributed by atoms with Gasteiger partial charge in [-0.15, -0.1) is 0 Å². The number of imidazole rings is 1. The third-order valence-corrected chi connectivity index (χ3v) is 5.39. The van der Waals surface area contributed by atoms with Gasteiger partial charge in [0.2, 0.25) is 11.8 Å². The lowest BCUT2D eigenvalue weighted by atomic mass is 10.1. The Hall–Kier alpha value is -4.55. The number of methoxy groups -OCH3 is 1. The Morgan fingerprint density at radius 1 is 1.14 bits per heavy atom. The van der Waals surface area contributed by atoms with E-state index in [1.807, 2.05) is 0 Å². The minimum Gasteiger partial charge on any atom is -0.480 e. The predicted molar refractivity (Wildman–Crippen MR) is 124 cm³/mol. The van der Waals surface area contributed by atoms with E-state index in [0.717, 1.165) is 0 Å². The fraction of sp³-hybridized carbons (Fsp3) is 0.208. The molecule has 0 aliphatic carbocycles. The van der Waals surface area contributed by atoms with E-state index in [1.165, 1.54) is 30.8 Å². The summed E-state index contributed by atoms with van der Waals surface area (Å²) < 4.78 is 59.7. The number of pyridine rings is 1. The van der Waals surface area contributed by atoms with Gasteiger partial charge >= 0.3 is 6.18 Å². The number of rotatable bonds is 6. The first-order valence-corrected chi connectivity index (χ1v) is 10.8. The number of aryl methyl sites for hydroxylation is 1. The van der Waals surface area contributed by atoms with Gasteiger partial charge in [0.05, 0.1) is 24.1 Å². The molecule has 0 spiro atoms. The fourth-order valence-electron chi connectivity index (χ4n) is 3.56. The predicted octanol–water partition coefficient (Wildman–Crippen LogP) is 4.15. The minimum absolute atomic E-state index is 0.0319. The standard InChI is InChI=1S/C24H20F4N6O3/c1-12-21(31-13(2)35)32-20-7-6-19(33-34(12)20)15-9-17(23(37-3)30-11-15)22(36)29-10-14-8-16(24(26,27)28)4-5-18(14)25/h4-9,11H,10H2,1-3H3,(H,29,36)(H,31,35). The van der Waals surface area contributed by atoms with Gasteiger partial charge in [0.25, 0.3) is 5.91 Å².